The Labute approximate surface area is 214 Å². The minimum absolute atomic E-state index is 0.0372. The molecule has 3 aromatic carbocycles. The number of nitrogens with one attached hydrogen (secondary N) is 1. The lowest BCUT2D eigenvalue weighted by atomic mass is 9.88. The van der Waals surface area contributed by atoms with E-state index in [1.807, 2.05) is 81.4 Å². The van der Waals surface area contributed by atoms with Crippen molar-refractivity contribution in [2.75, 3.05) is 0 Å². The number of carbonyl (C=O) groups excluding carboxylic acids is 2. The van der Waals surface area contributed by atoms with Crippen LogP contribution in [-0.2, 0) is 16.1 Å². The summed E-state index contributed by atoms with van der Waals surface area (Å²) in [5, 5.41) is 3.66. The highest BCUT2D eigenvalue weighted by Crippen LogP contribution is 2.30. The second kappa shape index (κ2) is 13.1. The van der Waals surface area contributed by atoms with Crippen LogP contribution in [-0.4, -0.2) is 28.8 Å². The van der Waals surface area contributed by atoms with Crippen LogP contribution in [0.15, 0.2) is 84.9 Å². The molecule has 4 nitrogen and oxygen atoms in total. The molecule has 0 heterocycles. The molecule has 2 atom stereocenters. The highest BCUT2D eigenvalue weighted by molar-refractivity contribution is 6.31. The first kappa shape index (κ1) is 26.5. The molecule has 0 fully saturated rings. The summed E-state index contributed by atoms with van der Waals surface area (Å²) >= 11 is 6.47. The van der Waals surface area contributed by atoms with Crippen LogP contribution in [0.3, 0.4) is 0 Å². The van der Waals surface area contributed by atoms with Crippen LogP contribution in [0, 0.1) is 0 Å². The lowest BCUT2D eigenvalue weighted by Gasteiger charge is -2.33. The maximum absolute atomic E-state index is 14.0. The van der Waals surface area contributed by atoms with Gasteiger partial charge in [0.25, 0.3) is 0 Å². The van der Waals surface area contributed by atoms with Crippen LogP contribution >= 0.6 is 11.6 Å². The molecule has 0 spiro atoms. The molecule has 184 valence electrons. The second-order valence-electron chi connectivity index (χ2n) is 8.93. The van der Waals surface area contributed by atoms with Gasteiger partial charge in [0.2, 0.25) is 11.8 Å². The molecule has 0 aliphatic carbocycles. The van der Waals surface area contributed by atoms with E-state index < -0.39 is 6.04 Å². The van der Waals surface area contributed by atoms with Crippen LogP contribution < -0.4 is 5.32 Å². The van der Waals surface area contributed by atoms with Crippen molar-refractivity contribution in [1.82, 2.24) is 10.2 Å². The van der Waals surface area contributed by atoms with Crippen molar-refractivity contribution >= 4 is 23.4 Å². The number of halogens is 1. The molecule has 0 unspecified atom stereocenters. The van der Waals surface area contributed by atoms with Gasteiger partial charge in [-0.05, 0) is 42.5 Å². The molecule has 35 heavy (non-hydrogen) atoms. The van der Waals surface area contributed by atoms with Crippen molar-refractivity contribution in [3.63, 3.8) is 0 Å². The average Bonchev–Trinajstić information content (AvgIpc) is 2.89. The number of nitrogens with zero attached hydrogens (tertiary/aromatic N) is 1. The van der Waals surface area contributed by atoms with E-state index in [0.717, 1.165) is 23.1 Å². The van der Waals surface area contributed by atoms with Gasteiger partial charge >= 0.3 is 0 Å². The van der Waals surface area contributed by atoms with Crippen molar-refractivity contribution in [2.24, 2.45) is 0 Å². The summed E-state index contributed by atoms with van der Waals surface area (Å²) in [6, 6.07) is 27.1. The average molecular weight is 491 g/mol. The third kappa shape index (κ3) is 7.19. The maximum atomic E-state index is 14.0. The van der Waals surface area contributed by atoms with Crippen LogP contribution in [0.2, 0.25) is 5.02 Å². The van der Waals surface area contributed by atoms with Gasteiger partial charge in [0.15, 0.2) is 0 Å². The topological polar surface area (TPSA) is 49.4 Å². The van der Waals surface area contributed by atoms with E-state index in [1.54, 1.807) is 4.90 Å². The number of carbonyl (C=O) groups is 2. The van der Waals surface area contributed by atoms with Crippen LogP contribution in [0.1, 0.15) is 62.6 Å². The lowest BCUT2D eigenvalue weighted by molar-refractivity contribution is -0.141. The SMILES string of the molecule is CC[C@H](C)NC(=O)[C@H](CC)N(Cc1ccccc1Cl)C(=O)CC(c1ccccc1)c1ccccc1. The van der Waals surface area contributed by atoms with E-state index in [2.05, 4.69) is 29.6 Å². The van der Waals surface area contributed by atoms with E-state index in [9.17, 15) is 9.59 Å². The van der Waals surface area contributed by atoms with Gasteiger partial charge in [0.1, 0.15) is 6.04 Å². The van der Waals surface area contributed by atoms with Gasteiger partial charge in [0.05, 0.1) is 0 Å². The summed E-state index contributed by atoms with van der Waals surface area (Å²) in [4.78, 5) is 28.9. The number of amides is 2. The Morgan fingerprint density at radius 2 is 1.37 bits per heavy atom. The molecule has 0 aliphatic heterocycles. The molecule has 0 saturated heterocycles. The number of benzene rings is 3. The fraction of sp³-hybridized carbons (Fsp3) is 0.333. The van der Waals surface area contributed by atoms with Gasteiger partial charge in [-0.25, -0.2) is 0 Å². The molecular weight excluding hydrogens is 456 g/mol. The zero-order valence-electron chi connectivity index (χ0n) is 20.8. The van der Waals surface area contributed by atoms with Crippen molar-refractivity contribution < 1.29 is 9.59 Å². The smallest absolute Gasteiger partial charge is 0.243 e. The highest BCUT2D eigenvalue weighted by Gasteiger charge is 2.31. The summed E-state index contributed by atoms with van der Waals surface area (Å²) in [6.07, 6.45) is 1.59. The van der Waals surface area contributed by atoms with E-state index in [0.29, 0.717) is 11.4 Å². The van der Waals surface area contributed by atoms with Crippen LogP contribution in [0.4, 0.5) is 0 Å². The zero-order chi connectivity index (χ0) is 25.2. The monoisotopic (exact) mass is 490 g/mol. The van der Waals surface area contributed by atoms with Crippen molar-refractivity contribution in [3.05, 3.63) is 107 Å². The lowest BCUT2D eigenvalue weighted by Crippen LogP contribution is -2.51. The van der Waals surface area contributed by atoms with Crippen molar-refractivity contribution in [2.45, 2.75) is 64.6 Å². The third-order valence-electron chi connectivity index (χ3n) is 6.47. The molecule has 5 heteroatoms. The summed E-state index contributed by atoms with van der Waals surface area (Å²) in [5.74, 6) is -0.319. The molecule has 2 amide bonds. The molecule has 3 rings (SSSR count). The molecule has 3 aromatic rings. The molecule has 1 N–H and O–H groups in total. The molecule has 0 saturated carbocycles. The molecule has 0 radical (unpaired) electrons. The fourth-order valence-corrected chi connectivity index (χ4v) is 4.46. The largest absolute Gasteiger partial charge is 0.352 e. The minimum Gasteiger partial charge on any atom is -0.352 e. The molecule has 0 aromatic heterocycles. The quantitative estimate of drug-likeness (QED) is 0.330. The first-order valence-electron chi connectivity index (χ1n) is 12.4. The molecular formula is C30H35ClN2O2. The number of hydrogen-bond acceptors (Lipinski definition) is 2. The minimum atomic E-state index is -0.583. The van der Waals surface area contributed by atoms with E-state index >= 15 is 0 Å². The zero-order valence-corrected chi connectivity index (χ0v) is 21.5. The van der Waals surface area contributed by atoms with Crippen molar-refractivity contribution in [3.8, 4) is 0 Å². The van der Waals surface area contributed by atoms with Gasteiger partial charge in [0, 0.05) is 29.9 Å². The Morgan fingerprint density at radius 3 is 1.89 bits per heavy atom. The maximum Gasteiger partial charge on any atom is 0.243 e. The van der Waals surface area contributed by atoms with Crippen LogP contribution in [0.25, 0.3) is 0 Å². The van der Waals surface area contributed by atoms with Gasteiger partial charge in [-0.15, -0.1) is 0 Å². The number of rotatable bonds is 11. The van der Waals surface area contributed by atoms with E-state index in [-0.39, 0.29) is 36.7 Å². The first-order chi connectivity index (χ1) is 16.9. The number of hydrogen-bond donors (Lipinski definition) is 1. The summed E-state index contributed by atoms with van der Waals surface area (Å²) < 4.78 is 0. The van der Waals surface area contributed by atoms with Gasteiger partial charge in [-0.3, -0.25) is 9.59 Å². The van der Waals surface area contributed by atoms with Gasteiger partial charge < -0.3 is 10.2 Å². The van der Waals surface area contributed by atoms with Gasteiger partial charge in [-0.2, -0.15) is 0 Å². The summed E-state index contributed by atoms with van der Waals surface area (Å²) in [5.41, 5.74) is 2.97. The van der Waals surface area contributed by atoms with Gasteiger partial charge in [-0.1, -0.05) is 104 Å². The fourth-order valence-electron chi connectivity index (χ4n) is 4.26. The Kier molecular flexibility index (Phi) is 9.92. The summed E-state index contributed by atoms with van der Waals surface area (Å²) in [6.45, 7) is 6.23. The summed E-state index contributed by atoms with van der Waals surface area (Å²) in [7, 11) is 0. The predicted octanol–water partition coefficient (Wildman–Crippen LogP) is 6.58. The molecule has 0 bridgehead atoms. The Bertz CT molecular complexity index is 1050. The van der Waals surface area contributed by atoms with Crippen LogP contribution in [0.5, 0.6) is 0 Å². The van der Waals surface area contributed by atoms with E-state index in [4.69, 9.17) is 11.6 Å². The standard InChI is InChI=1S/C30H35ClN2O2/c1-4-22(3)32-30(35)28(5-2)33(21-25-18-12-13-19-27(25)31)29(34)20-26(23-14-8-6-9-15-23)24-16-10-7-11-17-24/h6-19,22,26,28H,4-5,20-21H2,1-3H3,(H,32,35)/t22-,28-/m0/s1. The molecule has 0 aliphatic rings. The second-order valence-corrected chi connectivity index (χ2v) is 9.34. The Balaban J connectivity index is 1.96. The van der Waals surface area contributed by atoms with Crippen molar-refractivity contribution in [1.29, 1.82) is 0 Å². The normalized spacial score (nSPS) is 12.7. The first-order valence-corrected chi connectivity index (χ1v) is 12.8. The Hall–Kier alpha value is -3.11. The third-order valence-corrected chi connectivity index (χ3v) is 6.84. The van der Waals surface area contributed by atoms with E-state index in [1.165, 1.54) is 0 Å². The Morgan fingerprint density at radius 1 is 0.829 bits per heavy atom. The predicted molar refractivity (Wildman–Crippen MR) is 143 cm³/mol. The highest BCUT2D eigenvalue weighted by atomic mass is 35.5.